The zero-order chi connectivity index (χ0) is 11.8. The van der Waals surface area contributed by atoms with E-state index in [1.165, 1.54) is 27.1 Å². The molecule has 0 aliphatic carbocycles. The van der Waals surface area contributed by atoms with Gasteiger partial charge in [0, 0.05) is 5.69 Å². The highest BCUT2D eigenvalue weighted by Gasteiger charge is 1.99. The first-order chi connectivity index (χ1) is 8.26. The fourth-order valence-electron chi connectivity index (χ4n) is 2.29. The Morgan fingerprint density at radius 3 is 2.12 bits per heavy atom. The Labute approximate surface area is 101 Å². The molecule has 3 rings (SSSR count). The molecule has 0 aliphatic rings. The number of hydrogen-bond acceptors (Lipinski definition) is 1. The second-order valence-electron chi connectivity index (χ2n) is 4.49. The Morgan fingerprint density at radius 1 is 0.765 bits per heavy atom. The summed E-state index contributed by atoms with van der Waals surface area (Å²) in [6.45, 7) is 2.18. The maximum absolute atomic E-state index is 5.81. The van der Waals surface area contributed by atoms with Gasteiger partial charge in [0.2, 0.25) is 0 Å². The second kappa shape index (κ2) is 3.77. The molecule has 3 aromatic carbocycles. The minimum absolute atomic E-state index is 0.821. The number of hydrogen-bond donors (Lipinski definition) is 1. The molecule has 0 aromatic heterocycles. The van der Waals surface area contributed by atoms with Gasteiger partial charge in [0.05, 0.1) is 0 Å². The molecule has 0 radical (unpaired) electrons. The highest BCUT2D eigenvalue weighted by atomic mass is 14.5. The van der Waals surface area contributed by atoms with Crippen molar-refractivity contribution in [1.82, 2.24) is 0 Å². The zero-order valence-electron chi connectivity index (χ0n) is 9.90. The molecular weight excluding hydrogens is 206 g/mol. The van der Waals surface area contributed by atoms with Crippen molar-refractivity contribution in [3.05, 3.63) is 54.1 Å². The van der Waals surface area contributed by atoms with Crippen molar-refractivity contribution in [1.29, 1.82) is 0 Å². The number of aryl methyl sites for hydroxylation is 1. The van der Waals surface area contributed by atoms with E-state index < -0.39 is 0 Å². The molecule has 1 nitrogen and oxygen atoms in total. The molecule has 1 heteroatoms. The molecule has 84 valence electrons. The molecule has 0 bridgehead atoms. The highest BCUT2D eigenvalue weighted by Crippen LogP contribution is 2.25. The lowest BCUT2D eigenvalue weighted by Gasteiger charge is -2.05. The fourth-order valence-corrected chi connectivity index (χ4v) is 2.29. The van der Waals surface area contributed by atoms with Crippen molar-refractivity contribution >= 4 is 27.2 Å². The van der Waals surface area contributed by atoms with E-state index in [0.717, 1.165) is 12.1 Å². The smallest absolute Gasteiger partial charge is 0.0320 e. The van der Waals surface area contributed by atoms with Crippen LogP contribution in [0.3, 0.4) is 0 Å². The molecular formula is C16H15N. The van der Waals surface area contributed by atoms with Gasteiger partial charge in [0.1, 0.15) is 0 Å². The van der Waals surface area contributed by atoms with Gasteiger partial charge in [-0.25, -0.2) is 0 Å². The Morgan fingerprint density at radius 2 is 1.41 bits per heavy atom. The Bertz CT molecular complexity index is 698. The third kappa shape index (κ3) is 1.74. The van der Waals surface area contributed by atoms with Crippen LogP contribution in [-0.4, -0.2) is 0 Å². The number of nitrogen functional groups attached to an aromatic ring is 1. The van der Waals surface area contributed by atoms with Crippen molar-refractivity contribution < 1.29 is 0 Å². The van der Waals surface area contributed by atoms with E-state index in [1.807, 2.05) is 12.1 Å². The fraction of sp³-hybridized carbons (Fsp3) is 0.125. The standard InChI is InChI=1S/C16H15N/c1-2-11-3-4-12-9-15-10-16(17)6-5-13(15)8-14(12)7-11/h3-10H,2,17H2,1H3. The number of anilines is 1. The first kappa shape index (κ1) is 10.2. The third-order valence-electron chi connectivity index (χ3n) is 3.29. The van der Waals surface area contributed by atoms with Gasteiger partial charge in [-0.15, -0.1) is 0 Å². The first-order valence-electron chi connectivity index (χ1n) is 5.98. The molecule has 0 saturated carbocycles. The van der Waals surface area contributed by atoms with E-state index in [4.69, 9.17) is 5.73 Å². The van der Waals surface area contributed by atoms with Crippen LogP contribution in [0.25, 0.3) is 21.5 Å². The van der Waals surface area contributed by atoms with Crippen LogP contribution in [0.5, 0.6) is 0 Å². The van der Waals surface area contributed by atoms with E-state index in [1.54, 1.807) is 0 Å². The second-order valence-corrected chi connectivity index (χ2v) is 4.49. The monoisotopic (exact) mass is 221 g/mol. The predicted molar refractivity (Wildman–Crippen MR) is 75.2 cm³/mol. The molecule has 2 N–H and O–H groups in total. The van der Waals surface area contributed by atoms with Gasteiger partial charge in [-0.1, -0.05) is 31.2 Å². The summed E-state index contributed by atoms with van der Waals surface area (Å²) >= 11 is 0. The van der Waals surface area contributed by atoms with E-state index >= 15 is 0 Å². The quantitative estimate of drug-likeness (QED) is 0.485. The molecule has 0 amide bonds. The van der Waals surface area contributed by atoms with Crippen LogP contribution in [0.15, 0.2) is 48.5 Å². The minimum Gasteiger partial charge on any atom is -0.399 e. The summed E-state index contributed by atoms with van der Waals surface area (Å²) in [6.07, 6.45) is 1.08. The molecule has 17 heavy (non-hydrogen) atoms. The van der Waals surface area contributed by atoms with Crippen LogP contribution in [0.2, 0.25) is 0 Å². The van der Waals surface area contributed by atoms with Crippen molar-refractivity contribution in [2.24, 2.45) is 0 Å². The van der Waals surface area contributed by atoms with E-state index in [0.29, 0.717) is 0 Å². The summed E-state index contributed by atoms with van der Waals surface area (Å²) in [5.41, 5.74) is 8.02. The van der Waals surface area contributed by atoms with Crippen molar-refractivity contribution in [2.75, 3.05) is 5.73 Å². The van der Waals surface area contributed by atoms with E-state index in [2.05, 4.69) is 43.3 Å². The van der Waals surface area contributed by atoms with Crippen molar-refractivity contribution in [3.63, 3.8) is 0 Å². The number of rotatable bonds is 1. The lowest BCUT2D eigenvalue weighted by molar-refractivity contribution is 1.15. The molecule has 0 saturated heterocycles. The first-order valence-corrected chi connectivity index (χ1v) is 5.98. The van der Waals surface area contributed by atoms with Gasteiger partial charge in [-0.3, -0.25) is 0 Å². The predicted octanol–water partition coefficient (Wildman–Crippen LogP) is 4.14. The summed E-state index contributed by atoms with van der Waals surface area (Å²) in [6, 6.07) is 17.2. The summed E-state index contributed by atoms with van der Waals surface area (Å²) in [5, 5.41) is 5.05. The Hall–Kier alpha value is -2.02. The average molecular weight is 221 g/mol. The van der Waals surface area contributed by atoms with Gasteiger partial charge >= 0.3 is 0 Å². The van der Waals surface area contributed by atoms with E-state index in [-0.39, 0.29) is 0 Å². The van der Waals surface area contributed by atoms with Gasteiger partial charge in [0.15, 0.2) is 0 Å². The summed E-state index contributed by atoms with van der Waals surface area (Å²) < 4.78 is 0. The van der Waals surface area contributed by atoms with Gasteiger partial charge in [-0.2, -0.15) is 0 Å². The van der Waals surface area contributed by atoms with Gasteiger partial charge in [0.25, 0.3) is 0 Å². The number of benzene rings is 3. The average Bonchev–Trinajstić information content (AvgIpc) is 2.35. The molecule has 0 unspecified atom stereocenters. The number of nitrogens with two attached hydrogens (primary N) is 1. The van der Waals surface area contributed by atoms with Crippen molar-refractivity contribution in [3.8, 4) is 0 Å². The number of fused-ring (bicyclic) bond motifs is 2. The van der Waals surface area contributed by atoms with Crippen LogP contribution in [0.1, 0.15) is 12.5 Å². The van der Waals surface area contributed by atoms with Crippen LogP contribution >= 0.6 is 0 Å². The zero-order valence-corrected chi connectivity index (χ0v) is 9.90. The molecule has 0 spiro atoms. The summed E-state index contributed by atoms with van der Waals surface area (Å²) in [5.74, 6) is 0. The van der Waals surface area contributed by atoms with Crippen LogP contribution in [-0.2, 0) is 6.42 Å². The maximum atomic E-state index is 5.81. The van der Waals surface area contributed by atoms with Crippen LogP contribution in [0.4, 0.5) is 5.69 Å². The third-order valence-corrected chi connectivity index (χ3v) is 3.29. The van der Waals surface area contributed by atoms with E-state index in [9.17, 15) is 0 Å². The molecule has 0 aliphatic heterocycles. The van der Waals surface area contributed by atoms with Crippen LogP contribution < -0.4 is 5.73 Å². The summed E-state index contributed by atoms with van der Waals surface area (Å²) in [4.78, 5) is 0. The lowest BCUT2D eigenvalue weighted by Crippen LogP contribution is -1.85. The normalized spacial score (nSPS) is 11.1. The van der Waals surface area contributed by atoms with Gasteiger partial charge in [-0.05, 0) is 57.8 Å². The Balaban J connectivity index is 2.35. The molecule has 0 heterocycles. The highest BCUT2D eigenvalue weighted by molar-refractivity contribution is 5.99. The molecule has 0 atom stereocenters. The van der Waals surface area contributed by atoms with Gasteiger partial charge < -0.3 is 5.73 Å². The Kier molecular flexibility index (Phi) is 2.25. The summed E-state index contributed by atoms with van der Waals surface area (Å²) in [7, 11) is 0. The lowest BCUT2D eigenvalue weighted by atomic mass is 10.0. The molecule has 0 fully saturated rings. The SMILES string of the molecule is CCc1ccc2cc3cc(N)ccc3cc2c1. The van der Waals surface area contributed by atoms with Crippen LogP contribution in [0, 0.1) is 0 Å². The molecule has 3 aromatic rings. The largest absolute Gasteiger partial charge is 0.399 e. The topological polar surface area (TPSA) is 26.0 Å². The maximum Gasteiger partial charge on any atom is 0.0320 e. The minimum atomic E-state index is 0.821. The van der Waals surface area contributed by atoms with Crippen molar-refractivity contribution in [2.45, 2.75) is 13.3 Å².